The number of carbonyl (C=O) groups excluding carboxylic acids is 2. The van der Waals surface area contributed by atoms with Gasteiger partial charge in [0.15, 0.2) is 0 Å². The van der Waals surface area contributed by atoms with E-state index < -0.39 is 22.8 Å². The van der Waals surface area contributed by atoms with Crippen molar-refractivity contribution in [3.05, 3.63) is 71.8 Å². The number of rotatable bonds is 22. The molecule has 0 aromatic heterocycles. The zero-order chi connectivity index (χ0) is 33.7. The van der Waals surface area contributed by atoms with Gasteiger partial charge in [-0.1, -0.05) is 109 Å². The summed E-state index contributed by atoms with van der Waals surface area (Å²) in [5, 5.41) is 38.4. The summed E-state index contributed by atoms with van der Waals surface area (Å²) < 4.78 is 2.69. The van der Waals surface area contributed by atoms with Crippen molar-refractivity contribution in [3.8, 4) is 0 Å². The molecule has 0 bridgehead atoms. The van der Waals surface area contributed by atoms with Gasteiger partial charge in [0.2, 0.25) is 0 Å². The van der Waals surface area contributed by atoms with Gasteiger partial charge in [0.05, 0.1) is 11.9 Å². The van der Waals surface area contributed by atoms with Gasteiger partial charge in [-0.25, -0.2) is 0 Å². The quantitative estimate of drug-likeness (QED) is 0.0787. The average molecular weight is 804 g/mol. The van der Waals surface area contributed by atoms with Crippen molar-refractivity contribution in [1.82, 2.24) is 0 Å². The molecule has 0 aliphatic rings. The van der Waals surface area contributed by atoms with Crippen LogP contribution in [0, 0.1) is 11.8 Å². The maximum absolute atomic E-state index is 10.2. The Hall–Kier alpha value is -0.501. The van der Waals surface area contributed by atoms with Crippen LogP contribution in [0.4, 0.5) is 0 Å². The number of hydrogen-bond donors (Lipinski definition) is 2. The number of aliphatic hydroxyl groups is 2. The topological polar surface area (TPSA) is 121 Å². The van der Waals surface area contributed by atoms with Crippen LogP contribution in [0.1, 0.15) is 90.2 Å². The summed E-state index contributed by atoms with van der Waals surface area (Å²) in [6, 6.07) is 21.7. The van der Waals surface area contributed by atoms with Crippen molar-refractivity contribution < 1.29 is 30.0 Å². The number of carboxylic acid groups (broad SMARTS) is 2. The van der Waals surface area contributed by atoms with Crippen molar-refractivity contribution in [3.63, 3.8) is 0 Å². The van der Waals surface area contributed by atoms with Crippen LogP contribution in [0.3, 0.4) is 0 Å². The molecule has 6 nitrogen and oxygen atoms in total. The van der Waals surface area contributed by atoms with Crippen LogP contribution < -0.4 is 10.2 Å². The SMILES string of the molecule is CCCCC(CC)CSSC(O)C(=O)[O-].CCCCC(CC)CSSC(O)C(=O)[O-].c1ccc([CH2][Sn+2][CH2]c2ccccc2)cc1. The molecular weight excluding hydrogens is 751 g/mol. The molecule has 0 spiro atoms. The number of hydrogen-bond acceptors (Lipinski definition) is 10. The molecule has 0 saturated heterocycles. The second-order valence-corrected chi connectivity index (χ2v) is 18.9. The third-order valence-corrected chi connectivity index (χ3v) is 15.5. The number of carbonyl (C=O) groups is 2. The Morgan fingerprint density at radius 3 is 1.31 bits per heavy atom. The molecule has 0 amide bonds. The predicted molar refractivity (Wildman–Crippen MR) is 195 cm³/mol. The van der Waals surface area contributed by atoms with E-state index in [1.807, 2.05) is 0 Å². The molecule has 0 radical (unpaired) electrons. The van der Waals surface area contributed by atoms with Gasteiger partial charge >= 0.3 is 102 Å². The van der Waals surface area contributed by atoms with Gasteiger partial charge < -0.3 is 30.0 Å². The van der Waals surface area contributed by atoms with Crippen molar-refractivity contribution in [2.45, 2.75) is 98.8 Å². The number of aliphatic hydroxyl groups excluding tert-OH is 2. The van der Waals surface area contributed by atoms with Gasteiger partial charge in [-0.2, -0.15) is 0 Å². The third-order valence-electron chi connectivity index (χ3n) is 6.76. The van der Waals surface area contributed by atoms with E-state index in [-0.39, 0.29) is 21.1 Å². The van der Waals surface area contributed by atoms with Crippen molar-refractivity contribution in [1.29, 1.82) is 0 Å². The van der Waals surface area contributed by atoms with Gasteiger partial charge in [0.25, 0.3) is 0 Å². The number of aliphatic carboxylic acids is 2. The first-order valence-electron chi connectivity index (χ1n) is 15.8. The van der Waals surface area contributed by atoms with E-state index >= 15 is 0 Å². The van der Waals surface area contributed by atoms with Crippen LogP contribution in [-0.2, 0) is 18.5 Å². The molecule has 0 aliphatic heterocycles. The molecule has 0 aliphatic carbocycles. The summed E-state index contributed by atoms with van der Waals surface area (Å²) in [7, 11) is 4.78. The van der Waals surface area contributed by atoms with E-state index in [2.05, 4.69) is 88.4 Å². The summed E-state index contributed by atoms with van der Waals surface area (Å²) in [6.07, 6.45) is 9.39. The fourth-order valence-corrected chi connectivity index (χ4v) is 11.8. The number of benzene rings is 2. The first-order chi connectivity index (χ1) is 21.7. The van der Waals surface area contributed by atoms with Crippen molar-refractivity contribution in [2.24, 2.45) is 11.8 Å². The summed E-state index contributed by atoms with van der Waals surface area (Å²) in [5.41, 5.74) is 0.220. The fraction of sp³-hybridized carbons (Fsp3) is 0.588. The third kappa shape index (κ3) is 26.2. The molecule has 11 heteroatoms. The van der Waals surface area contributed by atoms with Crippen LogP contribution in [0.5, 0.6) is 0 Å². The molecule has 4 atom stereocenters. The summed E-state index contributed by atoms with van der Waals surface area (Å²) in [6.45, 7) is 8.60. The Morgan fingerprint density at radius 2 is 1.02 bits per heavy atom. The standard InChI is InChI=1S/2C10H20O3S2.2C7H7.Sn/c2*1-3-5-6-8(4-2)7-14-15-10(13)9(11)12;2*1-7-5-3-2-4-6-7;/h2*8,10,13H,3-7H2,1-2H3,(H,11,12);2*2-6H,1H2;/q;;;;+2/p-2. The van der Waals surface area contributed by atoms with Crippen LogP contribution >= 0.6 is 43.2 Å². The molecule has 0 saturated carbocycles. The monoisotopic (exact) mass is 804 g/mol. The molecule has 252 valence electrons. The van der Waals surface area contributed by atoms with E-state index in [1.54, 1.807) is 0 Å². The van der Waals surface area contributed by atoms with Crippen molar-refractivity contribution in [2.75, 3.05) is 11.5 Å². The van der Waals surface area contributed by atoms with Crippen LogP contribution in [-0.4, -0.2) is 65.7 Å². The first-order valence-corrected chi connectivity index (χ1v) is 24.6. The molecule has 2 aromatic rings. The van der Waals surface area contributed by atoms with Gasteiger partial charge in [0.1, 0.15) is 10.9 Å². The second-order valence-electron chi connectivity index (χ2n) is 10.5. The maximum atomic E-state index is 10.2. The molecule has 2 aromatic carbocycles. The number of unbranched alkanes of at least 4 members (excludes halogenated alkanes) is 2. The molecular formula is C34H52O6S4Sn. The molecule has 2 rings (SSSR count). The first kappa shape index (κ1) is 44.5. The van der Waals surface area contributed by atoms with Gasteiger partial charge in [-0.05, 0) is 24.7 Å². The van der Waals surface area contributed by atoms with E-state index in [4.69, 9.17) is 10.2 Å². The van der Waals surface area contributed by atoms with E-state index in [1.165, 1.54) is 80.1 Å². The van der Waals surface area contributed by atoms with Gasteiger partial charge in [-0.15, -0.1) is 0 Å². The zero-order valence-electron chi connectivity index (χ0n) is 27.2. The van der Waals surface area contributed by atoms with Gasteiger partial charge in [0, 0.05) is 11.5 Å². The summed E-state index contributed by atoms with van der Waals surface area (Å²) in [4.78, 5) is 20.4. The Labute approximate surface area is 298 Å². The van der Waals surface area contributed by atoms with E-state index in [0.29, 0.717) is 11.8 Å². The van der Waals surface area contributed by atoms with Crippen molar-refractivity contribution >= 4 is 76.3 Å². The van der Waals surface area contributed by atoms with Crippen LogP contribution in [0.25, 0.3) is 0 Å². The normalized spacial score (nSPS) is 13.1. The molecule has 45 heavy (non-hydrogen) atoms. The Bertz CT molecular complexity index is 896. The van der Waals surface area contributed by atoms with Crippen LogP contribution in [0.15, 0.2) is 60.7 Å². The Kier molecular flexibility index (Phi) is 30.5. The van der Waals surface area contributed by atoms with E-state index in [9.17, 15) is 19.8 Å². The summed E-state index contributed by atoms with van der Waals surface area (Å²) >= 11 is -0.258. The van der Waals surface area contributed by atoms with Gasteiger partial charge in [-0.3, -0.25) is 0 Å². The zero-order valence-corrected chi connectivity index (χ0v) is 33.3. The Morgan fingerprint density at radius 1 is 0.667 bits per heavy atom. The predicted octanol–water partition coefficient (Wildman–Crippen LogP) is 6.40. The molecule has 4 unspecified atom stereocenters. The van der Waals surface area contributed by atoms with Crippen LogP contribution in [0.2, 0.25) is 0 Å². The molecule has 0 fully saturated rings. The molecule has 0 heterocycles. The minimum atomic E-state index is -1.41. The average Bonchev–Trinajstić information content (AvgIpc) is 3.05. The summed E-state index contributed by atoms with van der Waals surface area (Å²) in [5.74, 6) is 0.216. The number of carboxylic acids is 2. The second kappa shape index (κ2) is 30.8. The molecule has 2 N–H and O–H groups in total. The Balaban J connectivity index is 0.000000645. The minimum absolute atomic E-state index is 0.258. The fourth-order valence-electron chi connectivity index (χ4n) is 3.82. The van der Waals surface area contributed by atoms with E-state index in [0.717, 1.165) is 45.9 Å².